The molecule has 96 valence electrons. The van der Waals surface area contributed by atoms with Gasteiger partial charge >= 0.3 is 0 Å². The van der Waals surface area contributed by atoms with E-state index in [0.29, 0.717) is 5.56 Å². The predicted octanol–water partition coefficient (Wildman–Crippen LogP) is 2.79. The van der Waals surface area contributed by atoms with Crippen LogP contribution in [0.2, 0.25) is 5.15 Å². The Labute approximate surface area is 112 Å². The Kier molecular flexibility index (Phi) is 5.60. The van der Waals surface area contributed by atoms with E-state index in [4.69, 9.17) is 16.9 Å². The molecular formula is C13H16ClN3O. The second kappa shape index (κ2) is 6.97. The first-order valence-electron chi connectivity index (χ1n) is 5.90. The van der Waals surface area contributed by atoms with Crippen molar-refractivity contribution in [2.75, 3.05) is 0 Å². The third-order valence-electron chi connectivity index (χ3n) is 2.73. The molecule has 1 aromatic rings. The second-order valence-electron chi connectivity index (χ2n) is 4.21. The van der Waals surface area contributed by atoms with Gasteiger partial charge in [0.05, 0.1) is 6.07 Å². The smallest absolute Gasteiger partial charge is 0.252 e. The van der Waals surface area contributed by atoms with Crippen molar-refractivity contribution in [2.45, 2.75) is 32.7 Å². The fourth-order valence-electron chi connectivity index (χ4n) is 1.69. The predicted molar refractivity (Wildman–Crippen MR) is 70.2 cm³/mol. The van der Waals surface area contributed by atoms with Gasteiger partial charge < -0.3 is 5.32 Å². The molecule has 1 heterocycles. The summed E-state index contributed by atoms with van der Waals surface area (Å²) in [5.41, 5.74) is 0.416. The largest absolute Gasteiger partial charge is 0.336 e. The van der Waals surface area contributed by atoms with E-state index in [-0.39, 0.29) is 17.0 Å². The number of carbonyl (C=O) groups excluding carboxylic acids is 1. The second-order valence-corrected chi connectivity index (χ2v) is 4.60. The topological polar surface area (TPSA) is 65.8 Å². The normalized spacial score (nSPS) is 13.4. The van der Waals surface area contributed by atoms with Crippen LogP contribution in [-0.4, -0.2) is 16.9 Å². The van der Waals surface area contributed by atoms with Crippen LogP contribution in [0.1, 0.15) is 37.0 Å². The van der Waals surface area contributed by atoms with Crippen molar-refractivity contribution in [3.05, 3.63) is 29.0 Å². The molecule has 0 saturated heterocycles. The number of nitrogens with one attached hydrogen (secondary N) is 1. The fourth-order valence-corrected chi connectivity index (χ4v) is 1.87. The van der Waals surface area contributed by atoms with Crippen molar-refractivity contribution in [2.24, 2.45) is 5.92 Å². The minimum atomic E-state index is -0.482. The maximum atomic E-state index is 11.9. The molecule has 0 radical (unpaired) electrons. The highest BCUT2D eigenvalue weighted by atomic mass is 35.5. The summed E-state index contributed by atoms with van der Waals surface area (Å²) in [6, 6.07) is 4.69. The van der Waals surface area contributed by atoms with Gasteiger partial charge in [0.15, 0.2) is 0 Å². The molecule has 2 unspecified atom stereocenters. The van der Waals surface area contributed by atoms with E-state index in [1.54, 1.807) is 6.07 Å². The van der Waals surface area contributed by atoms with Crippen LogP contribution >= 0.6 is 11.6 Å². The minimum Gasteiger partial charge on any atom is -0.336 e. The maximum Gasteiger partial charge on any atom is 0.252 e. The molecule has 5 heteroatoms. The van der Waals surface area contributed by atoms with Gasteiger partial charge in [0, 0.05) is 11.8 Å². The van der Waals surface area contributed by atoms with Gasteiger partial charge in [-0.05, 0) is 24.5 Å². The highest BCUT2D eigenvalue weighted by molar-refractivity contribution is 6.29. The molecule has 0 bridgehead atoms. The molecule has 4 nitrogen and oxygen atoms in total. The average molecular weight is 266 g/mol. The third-order valence-corrected chi connectivity index (χ3v) is 2.93. The maximum absolute atomic E-state index is 11.9. The van der Waals surface area contributed by atoms with Crippen LogP contribution in [0, 0.1) is 17.2 Å². The molecule has 0 aliphatic heterocycles. The van der Waals surface area contributed by atoms with E-state index >= 15 is 0 Å². The Morgan fingerprint density at radius 2 is 2.39 bits per heavy atom. The van der Waals surface area contributed by atoms with E-state index in [9.17, 15) is 4.79 Å². The molecule has 0 saturated carbocycles. The monoisotopic (exact) mass is 265 g/mol. The highest BCUT2D eigenvalue weighted by Crippen LogP contribution is 2.12. The van der Waals surface area contributed by atoms with Crippen molar-refractivity contribution in [3.63, 3.8) is 0 Å². The molecular weight excluding hydrogens is 250 g/mol. The van der Waals surface area contributed by atoms with Crippen molar-refractivity contribution in [3.8, 4) is 6.07 Å². The summed E-state index contributed by atoms with van der Waals surface area (Å²) in [6.45, 7) is 4.01. The van der Waals surface area contributed by atoms with Gasteiger partial charge in [-0.2, -0.15) is 5.26 Å². The summed E-state index contributed by atoms with van der Waals surface area (Å²) in [5, 5.41) is 12.0. The summed E-state index contributed by atoms with van der Waals surface area (Å²) >= 11 is 5.72. The standard InChI is InChI=1S/C13H16ClN3O/c1-3-4-9(2)11(8-15)17-13(18)10-5-6-16-12(14)7-10/h5-7,9,11H,3-4H2,1-2H3,(H,17,18). The van der Waals surface area contributed by atoms with E-state index in [0.717, 1.165) is 12.8 Å². The number of aromatic nitrogens is 1. The molecule has 18 heavy (non-hydrogen) atoms. The molecule has 0 aliphatic carbocycles. The first-order valence-corrected chi connectivity index (χ1v) is 6.28. The van der Waals surface area contributed by atoms with Crippen LogP contribution in [0.15, 0.2) is 18.3 Å². The van der Waals surface area contributed by atoms with Crippen LogP contribution in [-0.2, 0) is 0 Å². The number of rotatable bonds is 5. The van der Waals surface area contributed by atoms with Gasteiger partial charge in [0.25, 0.3) is 5.91 Å². The Hall–Kier alpha value is -1.60. The number of carbonyl (C=O) groups is 1. The number of nitriles is 1. The van der Waals surface area contributed by atoms with E-state index < -0.39 is 6.04 Å². The van der Waals surface area contributed by atoms with Crippen molar-refractivity contribution in [1.29, 1.82) is 5.26 Å². The van der Waals surface area contributed by atoms with Crippen LogP contribution in [0.4, 0.5) is 0 Å². The van der Waals surface area contributed by atoms with Gasteiger partial charge in [-0.25, -0.2) is 4.98 Å². The molecule has 1 N–H and O–H groups in total. The Bertz CT molecular complexity index is 456. The van der Waals surface area contributed by atoms with Gasteiger partial charge in [-0.3, -0.25) is 4.79 Å². The SMILES string of the molecule is CCCC(C)C(C#N)NC(=O)c1ccnc(Cl)c1. The number of halogens is 1. The fraction of sp³-hybridized carbons (Fsp3) is 0.462. The van der Waals surface area contributed by atoms with Crippen LogP contribution in [0.5, 0.6) is 0 Å². The molecule has 1 amide bonds. The highest BCUT2D eigenvalue weighted by Gasteiger charge is 2.19. The number of hydrogen-bond donors (Lipinski definition) is 1. The molecule has 1 rings (SSSR count). The Balaban J connectivity index is 2.71. The molecule has 2 atom stereocenters. The number of nitrogens with zero attached hydrogens (tertiary/aromatic N) is 2. The lowest BCUT2D eigenvalue weighted by molar-refractivity contribution is 0.0935. The molecule has 1 aromatic heterocycles. The van der Waals surface area contributed by atoms with Crippen LogP contribution in [0.25, 0.3) is 0 Å². The number of amides is 1. The number of pyridine rings is 1. The van der Waals surface area contributed by atoms with Crippen molar-refractivity contribution in [1.82, 2.24) is 10.3 Å². The van der Waals surface area contributed by atoms with E-state index in [2.05, 4.69) is 23.3 Å². The Morgan fingerprint density at radius 1 is 1.67 bits per heavy atom. The van der Waals surface area contributed by atoms with Crippen LogP contribution < -0.4 is 5.32 Å². The zero-order valence-electron chi connectivity index (χ0n) is 10.5. The number of hydrogen-bond acceptors (Lipinski definition) is 3. The summed E-state index contributed by atoms with van der Waals surface area (Å²) in [4.78, 5) is 15.7. The third kappa shape index (κ3) is 4.01. The summed E-state index contributed by atoms with van der Waals surface area (Å²) in [5.74, 6) is -0.171. The summed E-state index contributed by atoms with van der Waals surface area (Å²) < 4.78 is 0. The first kappa shape index (κ1) is 14.5. The van der Waals surface area contributed by atoms with E-state index in [1.165, 1.54) is 12.3 Å². The Morgan fingerprint density at radius 3 is 2.94 bits per heavy atom. The molecule has 0 spiro atoms. The zero-order valence-corrected chi connectivity index (χ0v) is 11.2. The van der Waals surface area contributed by atoms with Gasteiger partial charge in [-0.1, -0.05) is 31.9 Å². The van der Waals surface area contributed by atoms with Crippen molar-refractivity contribution >= 4 is 17.5 Å². The molecule has 0 aromatic carbocycles. The van der Waals surface area contributed by atoms with Crippen LogP contribution in [0.3, 0.4) is 0 Å². The molecule has 0 fully saturated rings. The lowest BCUT2D eigenvalue weighted by Gasteiger charge is -2.18. The molecule has 0 aliphatic rings. The van der Waals surface area contributed by atoms with Gasteiger partial charge in [0.2, 0.25) is 0 Å². The van der Waals surface area contributed by atoms with Gasteiger partial charge in [0.1, 0.15) is 11.2 Å². The average Bonchev–Trinajstić information content (AvgIpc) is 2.35. The van der Waals surface area contributed by atoms with E-state index in [1.807, 2.05) is 6.92 Å². The quantitative estimate of drug-likeness (QED) is 0.833. The summed E-state index contributed by atoms with van der Waals surface area (Å²) in [7, 11) is 0. The zero-order chi connectivity index (χ0) is 13.5. The minimum absolute atomic E-state index is 0.126. The first-order chi connectivity index (χ1) is 8.58. The van der Waals surface area contributed by atoms with Crippen molar-refractivity contribution < 1.29 is 4.79 Å². The summed E-state index contributed by atoms with van der Waals surface area (Å²) in [6.07, 6.45) is 3.35. The lowest BCUT2D eigenvalue weighted by Crippen LogP contribution is -2.38. The van der Waals surface area contributed by atoms with Gasteiger partial charge in [-0.15, -0.1) is 0 Å². The lowest BCUT2D eigenvalue weighted by atomic mass is 9.97.